The second-order valence-electron chi connectivity index (χ2n) is 6.63. The van der Waals surface area contributed by atoms with Gasteiger partial charge < -0.3 is 9.88 Å². The van der Waals surface area contributed by atoms with E-state index in [1.165, 1.54) is 12.8 Å². The van der Waals surface area contributed by atoms with E-state index in [0.717, 1.165) is 30.8 Å². The largest absolute Gasteiger partial charge is 0.312 e. The highest BCUT2D eigenvalue weighted by atomic mass is 16.1. The van der Waals surface area contributed by atoms with Crippen LogP contribution >= 0.6 is 0 Å². The van der Waals surface area contributed by atoms with Crippen molar-refractivity contribution in [1.29, 1.82) is 0 Å². The summed E-state index contributed by atoms with van der Waals surface area (Å²) in [4.78, 5) is 12.7. The van der Waals surface area contributed by atoms with E-state index >= 15 is 0 Å². The average molecular weight is 292 g/mol. The first-order valence-electron chi connectivity index (χ1n) is 8.40. The smallest absolute Gasteiger partial charge is 0.255 e. The van der Waals surface area contributed by atoms with Crippen molar-refractivity contribution in [1.82, 2.24) is 9.88 Å². The highest BCUT2D eigenvalue weighted by molar-refractivity contribution is 5.18. The van der Waals surface area contributed by atoms with E-state index in [1.54, 1.807) is 0 Å². The summed E-state index contributed by atoms with van der Waals surface area (Å²) in [6, 6.07) is 4.13. The molecule has 3 heteroatoms. The summed E-state index contributed by atoms with van der Waals surface area (Å²) in [6.45, 7) is 13.3. The third kappa shape index (κ3) is 5.66. The van der Waals surface area contributed by atoms with Gasteiger partial charge in [-0.05, 0) is 30.9 Å². The summed E-state index contributed by atoms with van der Waals surface area (Å²) in [5.41, 5.74) is 2.23. The van der Waals surface area contributed by atoms with Crippen molar-refractivity contribution < 1.29 is 0 Å². The van der Waals surface area contributed by atoms with Gasteiger partial charge in [0.1, 0.15) is 0 Å². The number of rotatable bonds is 9. The molecule has 21 heavy (non-hydrogen) atoms. The van der Waals surface area contributed by atoms with Gasteiger partial charge in [-0.3, -0.25) is 4.79 Å². The van der Waals surface area contributed by atoms with Crippen LogP contribution in [0.1, 0.15) is 71.1 Å². The second kappa shape index (κ2) is 9.04. The molecule has 0 saturated carbocycles. The van der Waals surface area contributed by atoms with Gasteiger partial charge in [-0.1, -0.05) is 53.5 Å². The van der Waals surface area contributed by atoms with Crippen LogP contribution in [0.15, 0.2) is 16.9 Å². The van der Waals surface area contributed by atoms with Gasteiger partial charge in [0.15, 0.2) is 0 Å². The molecule has 0 bridgehead atoms. The molecule has 0 saturated heterocycles. The molecule has 0 aliphatic heterocycles. The van der Waals surface area contributed by atoms with Crippen LogP contribution in [0.25, 0.3) is 0 Å². The SMILES string of the molecule is CCCCCn1c(C(C)C)ccc(CNCC(C)C)c1=O. The highest BCUT2D eigenvalue weighted by Crippen LogP contribution is 2.14. The molecule has 0 aromatic carbocycles. The lowest BCUT2D eigenvalue weighted by atomic mass is 10.1. The predicted molar refractivity (Wildman–Crippen MR) is 90.9 cm³/mol. The fourth-order valence-corrected chi connectivity index (χ4v) is 2.52. The summed E-state index contributed by atoms with van der Waals surface area (Å²) >= 11 is 0. The summed E-state index contributed by atoms with van der Waals surface area (Å²) in [6.07, 6.45) is 3.44. The Morgan fingerprint density at radius 2 is 1.86 bits per heavy atom. The molecule has 0 unspecified atom stereocenters. The lowest BCUT2D eigenvalue weighted by Gasteiger charge is -2.17. The van der Waals surface area contributed by atoms with Crippen LogP contribution in [-0.4, -0.2) is 11.1 Å². The molecule has 3 nitrogen and oxygen atoms in total. The van der Waals surface area contributed by atoms with Crippen LogP contribution in [0, 0.1) is 5.92 Å². The molecular formula is C18H32N2O. The molecular weight excluding hydrogens is 260 g/mol. The van der Waals surface area contributed by atoms with Crippen molar-refractivity contribution in [3.8, 4) is 0 Å². The summed E-state index contributed by atoms with van der Waals surface area (Å²) < 4.78 is 1.99. The van der Waals surface area contributed by atoms with Crippen molar-refractivity contribution in [3.63, 3.8) is 0 Å². The molecule has 1 heterocycles. The Morgan fingerprint density at radius 1 is 1.14 bits per heavy atom. The van der Waals surface area contributed by atoms with Crippen molar-refractivity contribution in [3.05, 3.63) is 33.7 Å². The summed E-state index contributed by atoms with van der Waals surface area (Å²) in [7, 11) is 0. The maximum Gasteiger partial charge on any atom is 0.255 e. The molecule has 1 N–H and O–H groups in total. The molecule has 0 atom stereocenters. The molecule has 0 fully saturated rings. The zero-order valence-electron chi connectivity index (χ0n) is 14.4. The Balaban J connectivity index is 2.91. The Hall–Kier alpha value is -1.09. The van der Waals surface area contributed by atoms with E-state index < -0.39 is 0 Å². The maximum absolute atomic E-state index is 12.7. The van der Waals surface area contributed by atoms with Gasteiger partial charge in [-0.25, -0.2) is 0 Å². The molecule has 1 aromatic heterocycles. The third-order valence-electron chi connectivity index (χ3n) is 3.73. The fourth-order valence-electron chi connectivity index (χ4n) is 2.52. The molecule has 1 rings (SSSR count). The quantitative estimate of drug-likeness (QED) is 0.700. The van der Waals surface area contributed by atoms with Crippen molar-refractivity contribution in [2.24, 2.45) is 5.92 Å². The number of nitrogens with one attached hydrogen (secondary N) is 1. The van der Waals surface area contributed by atoms with E-state index in [9.17, 15) is 4.79 Å². The average Bonchev–Trinajstić information content (AvgIpc) is 2.41. The Labute approximate surface area is 129 Å². The first-order valence-corrected chi connectivity index (χ1v) is 8.40. The first kappa shape index (κ1) is 18.0. The standard InChI is InChI=1S/C18H32N2O/c1-6-7-8-11-20-17(15(4)5)10-9-16(18(20)21)13-19-12-14(2)3/h9-10,14-15,19H,6-8,11-13H2,1-5H3. The first-order chi connectivity index (χ1) is 9.97. The van der Waals surface area contributed by atoms with Gasteiger partial charge >= 0.3 is 0 Å². The van der Waals surface area contributed by atoms with E-state index in [2.05, 4.69) is 46.0 Å². The van der Waals surface area contributed by atoms with Gasteiger partial charge in [0.25, 0.3) is 5.56 Å². The van der Waals surface area contributed by atoms with Crippen LogP contribution in [0.5, 0.6) is 0 Å². The molecule has 1 aromatic rings. The minimum absolute atomic E-state index is 0.188. The van der Waals surface area contributed by atoms with Crippen LogP contribution in [0.3, 0.4) is 0 Å². The number of nitrogens with zero attached hydrogens (tertiary/aromatic N) is 1. The van der Waals surface area contributed by atoms with Crippen molar-refractivity contribution in [2.45, 2.75) is 72.9 Å². The molecule has 0 radical (unpaired) electrons. The Morgan fingerprint density at radius 3 is 2.43 bits per heavy atom. The van der Waals surface area contributed by atoms with Crippen LogP contribution in [-0.2, 0) is 13.1 Å². The Bertz CT molecular complexity index is 475. The zero-order valence-corrected chi connectivity index (χ0v) is 14.4. The van der Waals surface area contributed by atoms with E-state index in [1.807, 2.05) is 10.6 Å². The fraction of sp³-hybridized carbons (Fsp3) is 0.722. The summed E-state index contributed by atoms with van der Waals surface area (Å²) in [5.74, 6) is 0.990. The van der Waals surface area contributed by atoms with Gasteiger partial charge in [0, 0.05) is 24.3 Å². The van der Waals surface area contributed by atoms with Gasteiger partial charge in [-0.15, -0.1) is 0 Å². The predicted octanol–water partition coefficient (Wildman–Crippen LogP) is 3.91. The highest BCUT2D eigenvalue weighted by Gasteiger charge is 2.11. The normalized spacial score (nSPS) is 11.6. The van der Waals surface area contributed by atoms with Crippen LogP contribution in [0.4, 0.5) is 0 Å². The van der Waals surface area contributed by atoms with Gasteiger partial charge in [0.2, 0.25) is 0 Å². The molecule has 0 aliphatic rings. The second-order valence-corrected chi connectivity index (χ2v) is 6.63. The van der Waals surface area contributed by atoms with E-state index in [-0.39, 0.29) is 5.56 Å². The molecule has 0 amide bonds. The number of unbranched alkanes of at least 4 members (excludes halogenated alkanes) is 2. The minimum Gasteiger partial charge on any atom is -0.312 e. The van der Waals surface area contributed by atoms with E-state index in [4.69, 9.17) is 0 Å². The van der Waals surface area contributed by atoms with Gasteiger partial charge in [-0.2, -0.15) is 0 Å². The number of hydrogen-bond acceptors (Lipinski definition) is 2. The van der Waals surface area contributed by atoms with Crippen molar-refractivity contribution >= 4 is 0 Å². The van der Waals surface area contributed by atoms with Gasteiger partial charge in [0.05, 0.1) is 0 Å². The number of pyridine rings is 1. The van der Waals surface area contributed by atoms with Crippen LogP contribution < -0.4 is 10.9 Å². The minimum atomic E-state index is 0.188. The number of aromatic nitrogens is 1. The third-order valence-corrected chi connectivity index (χ3v) is 3.73. The molecule has 0 spiro atoms. The number of hydrogen-bond donors (Lipinski definition) is 1. The summed E-state index contributed by atoms with van der Waals surface area (Å²) in [5, 5.41) is 3.37. The van der Waals surface area contributed by atoms with E-state index in [0.29, 0.717) is 18.4 Å². The van der Waals surface area contributed by atoms with Crippen molar-refractivity contribution in [2.75, 3.05) is 6.54 Å². The van der Waals surface area contributed by atoms with Crippen LogP contribution in [0.2, 0.25) is 0 Å². The molecule has 120 valence electrons. The maximum atomic E-state index is 12.7. The lowest BCUT2D eigenvalue weighted by Crippen LogP contribution is -2.30. The lowest BCUT2D eigenvalue weighted by molar-refractivity contribution is 0.531. The monoisotopic (exact) mass is 292 g/mol. The molecule has 0 aliphatic carbocycles. The Kier molecular flexibility index (Phi) is 7.73. The zero-order chi connectivity index (χ0) is 15.8. The topological polar surface area (TPSA) is 34.0 Å².